The number of likely N-dealkylation sites (tertiary alicyclic amines) is 3. The maximum Gasteiger partial charge on any atom is 0.321 e. The lowest BCUT2D eigenvalue weighted by molar-refractivity contribution is -0.0168. The van der Waals surface area contributed by atoms with Gasteiger partial charge in [-0.15, -0.1) is 0 Å². The van der Waals surface area contributed by atoms with E-state index < -0.39 is 0 Å². The molecule has 0 spiro atoms. The van der Waals surface area contributed by atoms with Gasteiger partial charge in [0.2, 0.25) is 0 Å². The van der Waals surface area contributed by atoms with Crippen LogP contribution >= 0.6 is 0 Å². The van der Waals surface area contributed by atoms with E-state index in [-0.39, 0.29) is 6.03 Å². The highest BCUT2D eigenvalue weighted by molar-refractivity contribution is 5.89. The van der Waals surface area contributed by atoms with E-state index in [1.54, 1.807) is 0 Å². The van der Waals surface area contributed by atoms with E-state index >= 15 is 0 Å². The summed E-state index contributed by atoms with van der Waals surface area (Å²) in [7, 11) is 0. The summed E-state index contributed by atoms with van der Waals surface area (Å²) in [5.74, 6) is 0.676. The third-order valence-corrected chi connectivity index (χ3v) is 6.16. The third-order valence-electron chi connectivity index (χ3n) is 6.16. The molecule has 5 nitrogen and oxygen atoms in total. The molecule has 2 amide bonds. The second-order valence-electron chi connectivity index (χ2n) is 7.80. The molecule has 2 unspecified atom stereocenters. The summed E-state index contributed by atoms with van der Waals surface area (Å²) in [6.07, 6.45) is 3.84. The molecular formula is C20H30N4O. The van der Waals surface area contributed by atoms with E-state index in [0.29, 0.717) is 12.0 Å². The molecule has 0 bridgehead atoms. The smallest absolute Gasteiger partial charge is 0.321 e. The van der Waals surface area contributed by atoms with Crippen molar-refractivity contribution in [2.45, 2.75) is 38.3 Å². The SMILES string of the molecule is CCCN1CCC(N2CC3CN(C(=O)Nc4ccccc4)CC32)CC1. The Labute approximate surface area is 151 Å². The Morgan fingerprint density at radius 3 is 2.60 bits per heavy atom. The van der Waals surface area contributed by atoms with Crippen LogP contribution in [0.15, 0.2) is 30.3 Å². The van der Waals surface area contributed by atoms with E-state index in [1.165, 1.54) is 45.4 Å². The van der Waals surface area contributed by atoms with Gasteiger partial charge in [-0.1, -0.05) is 25.1 Å². The fourth-order valence-corrected chi connectivity index (χ4v) is 4.78. The lowest BCUT2D eigenvalue weighted by Crippen LogP contribution is -2.61. The molecule has 1 N–H and O–H groups in total. The normalized spacial score (nSPS) is 27.8. The number of carbonyl (C=O) groups excluding carboxylic acids is 1. The van der Waals surface area contributed by atoms with Gasteiger partial charge in [-0.25, -0.2) is 4.79 Å². The van der Waals surface area contributed by atoms with Crippen molar-refractivity contribution in [3.8, 4) is 0 Å². The van der Waals surface area contributed by atoms with Crippen molar-refractivity contribution >= 4 is 11.7 Å². The first-order valence-corrected chi connectivity index (χ1v) is 9.83. The number of carbonyl (C=O) groups is 1. The molecule has 0 aliphatic carbocycles. The van der Waals surface area contributed by atoms with Crippen LogP contribution in [-0.4, -0.2) is 72.1 Å². The number of piperidine rings is 1. The van der Waals surface area contributed by atoms with Crippen LogP contribution in [0.4, 0.5) is 10.5 Å². The second kappa shape index (κ2) is 7.34. The van der Waals surface area contributed by atoms with E-state index in [2.05, 4.69) is 22.0 Å². The van der Waals surface area contributed by atoms with Crippen LogP contribution in [-0.2, 0) is 0 Å². The third kappa shape index (κ3) is 3.53. The van der Waals surface area contributed by atoms with Gasteiger partial charge >= 0.3 is 6.03 Å². The molecule has 3 fully saturated rings. The Hall–Kier alpha value is -1.59. The van der Waals surface area contributed by atoms with Crippen molar-refractivity contribution in [1.82, 2.24) is 14.7 Å². The first-order valence-electron chi connectivity index (χ1n) is 9.83. The summed E-state index contributed by atoms with van der Waals surface area (Å²) >= 11 is 0. The Balaban J connectivity index is 1.27. The maximum absolute atomic E-state index is 12.5. The first-order chi connectivity index (χ1) is 12.2. The zero-order valence-corrected chi connectivity index (χ0v) is 15.2. The van der Waals surface area contributed by atoms with Gasteiger partial charge in [-0.3, -0.25) is 4.90 Å². The summed E-state index contributed by atoms with van der Waals surface area (Å²) in [4.78, 5) is 19.8. The van der Waals surface area contributed by atoms with Crippen LogP contribution in [0.25, 0.3) is 0 Å². The largest absolute Gasteiger partial charge is 0.323 e. The highest BCUT2D eigenvalue weighted by atomic mass is 16.2. The molecule has 1 aromatic rings. The van der Waals surface area contributed by atoms with Crippen LogP contribution in [0.3, 0.4) is 0 Å². The van der Waals surface area contributed by atoms with E-state index in [1.807, 2.05) is 35.2 Å². The minimum absolute atomic E-state index is 0.0540. The fourth-order valence-electron chi connectivity index (χ4n) is 4.78. The highest BCUT2D eigenvalue weighted by Gasteiger charge is 2.49. The number of nitrogens with one attached hydrogen (secondary N) is 1. The predicted octanol–water partition coefficient (Wildman–Crippen LogP) is 2.71. The molecule has 2 atom stereocenters. The van der Waals surface area contributed by atoms with Crippen molar-refractivity contribution in [1.29, 1.82) is 0 Å². The van der Waals surface area contributed by atoms with Crippen molar-refractivity contribution < 1.29 is 4.79 Å². The van der Waals surface area contributed by atoms with E-state index in [0.717, 1.165) is 24.8 Å². The van der Waals surface area contributed by atoms with E-state index in [9.17, 15) is 4.79 Å². The molecule has 0 saturated carbocycles. The van der Waals surface area contributed by atoms with Gasteiger partial charge in [-0.05, 0) is 51.0 Å². The van der Waals surface area contributed by atoms with Gasteiger partial charge in [0.05, 0.1) is 0 Å². The number of amides is 2. The number of fused-ring (bicyclic) bond motifs is 1. The molecule has 3 aliphatic heterocycles. The minimum Gasteiger partial charge on any atom is -0.323 e. The Morgan fingerprint density at radius 1 is 1.12 bits per heavy atom. The maximum atomic E-state index is 12.5. The zero-order valence-electron chi connectivity index (χ0n) is 15.2. The van der Waals surface area contributed by atoms with Crippen molar-refractivity contribution in [3.63, 3.8) is 0 Å². The molecule has 3 aliphatic rings. The number of anilines is 1. The number of nitrogens with zero attached hydrogens (tertiary/aromatic N) is 3. The van der Waals surface area contributed by atoms with Gasteiger partial charge in [0.1, 0.15) is 0 Å². The standard InChI is InChI=1S/C20H30N4O/c1-2-10-22-11-8-18(9-12-22)24-14-16-13-23(15-19(16)24)20(25)21-17-6-4-3-5-7-17/h3-7,16,18-19H,2,8-15H2,1H3,(H,21,25). The van der Waals surface area contributed by atoms with E-state index in [4.69, 9.17) is 0 Å². The molecular weight excluding hydrogens is 312 g/mol. The molecule has 25 heavy (non-hydrogen) atoms. The van der Waals surface area contributed by atoms with Gasteiger partial charge in [0.15, 0.2) is 0 Å². The second-order valence-corrected chi connectivity index (χ2v) is 7.80. The first kappa shape index (κ1) is 16.9. The number of para-hydroxylation sites is 1. The van der Waals surface area contributed by atoms with Gasteiger partial charge in [-0.2, -0.15) is 0 Å². The lowest BCUT2D eigenvalue weighted by atomic mass is 9.87. The molecule has 1 aromatic carbocycles. The lowest BCUT2D eigenvalue weighted by Gasteiger charge is -2.50. The number of urea groups is 1. The molecule has 0 radical (unpaired) electrons. The van der Waals surface area contributed by atoms with Crippen LogP contribution in [0.2, 0.25) is 0 Å². The minimum atomic E-state index is 0.0540. The monoisotopic (exact) mass is 342 g/mol. The average molecular weight is 342 g/mol. The van der Waals surface area contributed by atoms with Crippen LogP contribution in [0, 0.1) is 5.92 Å². The molecule has 0 aromatic heterocycles. The Bertz CT molecular complexity index is 585. The van der Waals surface area contributed by atoms with Crippen molar-refractivity contribution in [2.24, 2.45) is 5.92 Å². The van der Waals surface area contributed by atoms with Gasteiger partial charge in [0.25, 0.3) is 0 Å². The topological polar surface area (TPSA) is 38.8 Å². The Morgan fingerprint density at radius 2 is 1.88 bits per heavy atom. The number of benzene rings is 1. The number of rotatable bonds is 4. The predicted molar refractivity (Wildman–Crippen MR) is 101 cm³/mol. The van der Waals surface area contributed by atoms with Crippen LogP contribution < -0.4 is 5.32 Å². The van der Waals surface area contributed by atoms with Crippen LogP contribution in [0.1, 0.15) is 26.2 Å². The van der Waals surface area contributed by atoms with Crippen LogP contribution in [0.5, 0.6) is 0 Å². The molecule has 3 heterocycles. The quantitative estimate of drug-likeness (QED) is 0.914. The molecule has 5 heteroatoms. The van der Waals surface area contributed by atoms with Crippen molar-refractivity contribution in [3.05, 3.63) is 30.3 Å². The van der Waals surface area contributed by atoms with Crippen molar-refractivity contribution in [2.75, 3.05) is 44.6 Å². The summed E-state index contributed by atoms with van der Waals surface area (Å²) in [6.45, 7) is 8.96. The summed E-state index contributed by atoms with van der Waals surface area (Å²) in [6, 6.07) is 11.1. The Kier molecular flexibility index (Phi) is 4.95. The molecule has 136 valence electrons. The number of hydrogen-bond acceptors (Lipinski definition) is 3. The summed E-state index contributed by atoms with van der Waals surface area (Å²) < 4.78 is 0. The molecule has 4 rings (SSSR count). The zero-order chi connectivity index (χ0) is 17.2. The van der Waals surface area contributed by atoms with Gasteiger partial charge < -0.3 is 15.1 Å². The number of hydrogen-bond donors (Lipinski definition) is 1. The fraction of sp³-hybridized carbons (Fsp3) is 0.650. The average Bonchev–Trinajstić information content (AvgIpc) is 2.95. The van der Waals surface area contributed by atoms with Gasteiger partial charge in [0, 0.05) is 43.3 Å². The molecule has 3 saturated heterocycles. The summed E-state index contributed by atoms with van der Waals surface area (Å²) in [5.41, 5.74) is 0.881. The highest BCUT2D eigenvalue weighted by Crippen LogP contribution is 2.36. The summed E-state index contributed by atoms with van der Waals surface area (Å²) in [5, 5.41) is 3.03.